The number of aryl methyl sites for hydroxylation is 2. The molecule has 1 N–H and O–H groups in total. The van der Waals surface area contributed by atoms with Gasteiger partial charge in [-0.05, 0) is 25.8 Å². The van der Waals surface area contributed by atoms with Crippen LogP contribution in [0, 0.1) is 13.8 Å². The standard InChI is InChI=1S/C22H35N7O/c1-18-7-5-8-20(15-18)17-28-10-12-29(13-11-28)22(23-9-6-14-30-4)24-16-21-26-25-19(2)27(21)3/h5,7-8,15H,6,9-14,16-17H2,1-4H3,(H,23,24). The quantitative estimate of drug-likeness (QED) is 0.404. The van der Waals surface area contributed by atoms with Crippen molar-refractivity contribution in [2.45, 2.75) is 33.4 Å². The number of hydrogen-bond donors (Lipinski definition) is 1. The van der Waals surface area contributed by atoms with Crippen LogP contribution in [0.4, 0.5) is 0 Å². The Kier molecular flexibility index (Phi) is 8.21. The van der Waals surface area contributed by atoms with Crippen molar-refractivity contribution in [1.29, 1.82) is 0 Å². The molecule has 1 aromatic carbocycles. The number of methoxy groups -OCH3 is 1. The fourth-order valence-corrected chi connectivity index (χ4v) is 3.61. The Labute approximate surface area is 179 Å². The first kappa shape index (κ1) is 22.2. The monoisotopic (exact) mass is 413 g/mol. The zero-order valence-corrected chi connectivity index (χ0v) is 18.8. The second-order valence-electron chi connectivity index (χ2n) is 7.89. The van der Waals surface area contributed by atoms with Crippen LogP contribution in [-0.4, -0.2) is 77.0 Å². The molecule has 0 bridgehead atoms. The molecular weight excluding hydrogens is 378 g/mol. The molecule has 0 saturated carbocycles. The van der Waals surface area contributed by atoms with Crippen molar-refractivity contribution in [3.8, 4) is 0 Å². The molecule has 8 heteroatoms. The van der Waals surface area contributed by atoms with Crippen molar-refractivity contribution in [1.82, 2.24) is 29.9 Å². The van der Waals surface area contributed by atoms with Crippen molar-refractivity contribution >= 4 is 5.96 Å². The average molecular weight is 414 g/mol. The number of guanidine groups is 1. The fourth-order valence-electron chi connectivity index (χ4n) is 3.61. The number of rotatable bonds is 8. The predicted octanol–water partition coefficient (Wildman–Crippen LogP) is 1.73. The van der Waals surface area contributed by atoms with Crippen LogP contribution < -0.4 is 5.32 Å². The minimum Gasteiger partial charge on any atom is -0.385 e. The minimum atomic E-state index is 0.521. The maximum Gasteiger partial charge on any atom is 0.194 e. The molecule has 0 amide bonds. The van der Waals surface area contributed by atoms with E-state index in [2.05, 4.69) is 56.5 Å². The van der Waals surface area contributed by atoms with Crippen molar-refractivity contribution in [3.63, 3.8) is 0 Å². The van der Waals surface area contributed by atoms with E-state index in [9.17, 15) is 0 Å². The lowest BCUT2D eigenvalue weighted by Crippen LogP contribution is -2.52. The fraction of sp³-hybridized carbons (Fsp3) is 0.591. The summed E-state index contributed by atoms with van der Waals surface area (Å²) in [7, 11) is 3.72. The number of piperazine rings is 1. The SMILES string of the molecule is COCCCNC(=NCc1nnc(C)n1C)N1CCN(Cc2cccc(C)c2)CC1. The third-order valence-electron chi connectivity index (χ3n) is 5.52. The van der Waals surface area contributed by atoms with Gasteiger partial charge in [-0.3, -0.25) is 4.90 Å². The Morgan fingerprint density at radius 1 is 1.17 bits per heavy atom. The Morgan fingerprint density at radius 2 is 1.97 bits per heavy atom. The third-order valence-corrected chi connectivity index (χ3v) is 5.52. The summed E-state index contributed by atoms with van der Waals surface area (Å²) in [4.78, 5) is 9.72. The summed E-state index contributed by atoms with van der Waals surface area (Å²) in [6.07, 6.45) is 0.950. The highest BCUT2D eigenvalue weighted by Gasteiger charge is 2.20. The van der Waals surface area contributed by atoms with Crippen molar-refractivity contribution in [2.24, 2.45) is 12.0 Å². The molecule has 30 heavy (non-hydrogen) atoms. The number of nitrogens with zero attached hydrogens (tertiary/aromatic N) is 6. The van der Waals surface area contributed by atoms with Gasteiger partial charge in [0.05, 0.1) is 0 Å². The van der Waals surface area contributed by atoms with E-state index in [4.69, 9.17) is 9.73 Å². The largest absolute Gasteiger partial charge is 0.385 e. The molecule has 1 aliphatic heterocycles. The summed E-state index contributed by atoms with van der Waals surface area (Å²) >= 11 is 0. The highest BCUT2D eigenvalue weighted by atomic mass is 16.5. The van der Waals surface area contributed by atoms with E-state index in [1.54, 1.807) is 7.11 Å². The molecule has 1 aromatic heterocycles. The summed E-state index contributed by atoms with van der Waals surface area (Å²) in [6, 6.07) is 8.79. The Balaban J connectivity index is 1.59. The van der Waals surface area contributed by atoms with Crippen LogP contribution in [0.3, 0.4) is 0 Å². The number of hydrogen-bond acceptors (Lipinski definition) is 5. The molecule has 8 nitrogen and oxygen atoms in total. The molecule has 1 fully saturated rings. The topological polar surface area (TPSA) is 70.8 Å². The molecule has 0 unspecified atom stereocenters. The lowest BCUT2D eigenvalue weighted by Gasteiger charge is -2.36. The summed E-state index contributed by atoms with van der Waals surface area (Å²) in [5, 5.41) is 11.9. The number of aromatic nitrogens is 3. The molecule has 0 aliphatic carbocycles. The molecular formula is C22H35N7O. The Morgan fingerprint density at radius 3 is 2.63 bits per heavy atom. The van der Waals surface area contributed by atoms with Crippen LogP contribution in [0.25, 0.3) is 0 Å². The Hall–Kier alpha value is -2.45. The first-order valence-corrected chi connectivity index (χ1v) is 10.7. The van der Waals surface area contributed by atoms with Crippen LogP contribution in [0.5, 0.6) is 0 Å². The van der Waals surface area contributed by atoms with E-state index in [-0.39, 0.29) is 0 Å². The van der Waals surface area contributed by atoms with Gasteiger partial charge in [0.1, 0.15) is 12.4 Å². The van der Waals surface area contributed by atoms with Crippen LogP contribution in [0.1, 0.15) is 29.2 Å². The van der Waals surface area contributed by atoms with Crippen molar-refractivity contribution < 1.29 is 4.74 Å². The normalized spacial score (nSPS) is 15.6. The summed E-state index contributed by atoms with van der Waals surface area (Å²) < 4.78 is 7.17. The molecule has 1 aliphatic rings. The predicted molar refractivity (Wildman–Crippen MR) is 119 cm³/mol. The van der Waals surface area contributed by atoms with Crippen LogP contribution in [-0.2, 0) is 24.9 Å². The van der Waals surface area contributed by atoms with Gasteiger partial charge in [-0.15, -0.1) is 10.2 Å². The minimum absolute atomic E-state index is 0.521. The number of nitrogens with one attached hydrogen (secondary N) is 1. The smallest absolute Gasteiger partial charge is 0.194 e. The van der Waals surface area contributed by atoms with Gasteiger partial charge in [0.2, 0.25) is 0 Å². The second-order valence-corrected chi connectivity index (χ2v) is 7.89. The first-order chi connectivity index (χ1) is 14.6. The highest BCUT2D eigenvalue weighted by molar-refractivity contribution is 5.80. The molecule has 0 radical (unpaired) electrons. The molecule has 3 rings (SSSR count). The van der Waals surface area contributed by atoms with E-state index in [1.807, 2.05) is 18.5 Å². The average Bonchev–Trinajstić information content (AvgIpc) is 3.06. The van der Waals surface area contributed by atoms with Crippen LogP contribution in [0.15, 0.2) is 29.3 Å². The van der Waals surface area contributed by atoms with Crippen LogP contribution in [0.2, 0.25) is 0 Å². The highest BCUT2D eigenvalue weighted by Crippen LogP contribution is 2.11. The van der Waals surface area contributed by atoms with E-state index in [0.717, 1.165) is 69.9 Å². The molecule has 2 heterocycles. The first-order valence-electron chi connectivity index (χ1n) is 10.7. The van der Waals surface area contributed by atoms with E-state index in [1.165, 1.54) is 11.1 Å². The van der Waals surface area contributed by atoms with Gasteiger partial charge in [0.25, 0.3) is 0 Å². The van der Waals surface area contributed by atoms with Gasteiger partial charge in [-0.1, -0.05) is 29.8 Å². The van der Waals surface area contributed by atoms with Gasteiger partial charge in [-0.2, -0.15) is 0 Å². The second kappa shape index (κ2) is 11.1. The lowest BCUT2D eigenvalue weighted by atomic mass is 10.1. The van der Waals surface area contributed by atoms with Gasteiger partial charge in [-0.25, -0.2) is 4.99 Å². The van der Waals surface area contributed by atoms with E-state index in [0.29, 0.717) is 6.54 Å². The summed E-state index contributed by atoms with van der Waals surface area (Å²) in [5.41, 5.74) is 2.70. The van der Waals surface area contributed by atoms with Crippen molar-refractivity contribution in [3.05, 3.63) is 47.0 Å². The van der Waals surface area contributed by atoms with Crippen molar-refractivity contribution in [2.75, 3.05) is 46.4 Å². The van der Waals surface area contributed by atoms with Gasteiger partial charge in [0, 0.05) is 60.0 Å². The van der Waals surface area contributed by atoms with Gasteiger partial charge < -0.3 is 19.5 Å². The number of benzene rings is 1. The zero-order valence-electron chi connectivity index (χ0n) is 18.8. The zero-order chi connectivity index (χ0) is 21.3. The number of aliphatic imine (C=N–C) groups is 1. The van der Waals surface area contributed by atoms with Gasteiger partial charge in [0.15, 0.2) is 11.8 Å². The maximum absolute atomic E-state index is 5.17. The Bertz CT molecular complexity index is 825. The number of ether oxygens (including phenoxy) is 1. The molecule has 1 saturated heterocycles. The summed E-state index contributed by atoms with van der Waals surface area (Å²) in [5.74, 6) is 2.73. The molecule has 0 atom stereocenters. The molecule has 164 valence electrons. The van der Waals surface area contributed by atoms with Gasteiger partial charge >= 0.3 is 0 Å². The third kappa shape index (κ3) is 6.27. The maximum atomic E-state index is 5.17. The molecule has 0 spiro atoms. The summed E-state index contributed by atoms with van der Waals surface area (Å²) in [6.45, 7) is 11.2. The van der Waals surface area contributed by atoms with E-state index >= 15 is 0 Å². The lowest BCUT2D eigenvalue weighted by molar-refractivity contribution is 0.171. The molecule has 2 aromatic rings. The van der Waals surface area contributed by atoms with E-state index < -0.39 is 0 Å². The van der Waals surface area contributed by atoms with Crippen LogP contribution >= 0.6 is 0 Å².